The first-order chi connectivity index (χ1) is 12.3. The van der Waals surface area contributed by atoms with Crippen LogP contribution in [0.3, 0.4) is 0 Å². The molecule has 0 radical (unpaired) electrons. The van der Waals surface area contributed by atoms with E-state index in [2.05, 4.69) is 27.3 Å². The highest BCUT2D eigenvalue weighted by Crippen LogP contribution is 2.19. The maximum absolute atomic E-state index is 12.4. The molecule has 0 unspecified atom stereocenters. The lowest BCUT2D eigenvalue weighted by molar-refractivity contribution is 0.0927. The second kappa shape index (κ2) is 8.62. The average molecular weight is 339 g/mol. The Bertz CT molecular complexity index is 690. The average Bonchev–Trinajstić information content (AvgIpc) is 2.67. The minimum atomic E-state index is -0.0660. The van der Waals surface area contributed by atoms with Crippen molar-refractivity contribution in [2.24, 2.45) is 5.92 Å². The molecule has 132 valence electrons. The van der Waals surface area contributed by atoms with Crippen molar-refractivity contribution in [3.8, 4) is 5.75 Å². The number of para-hydroxylation sites is 1. The molecular weight excluding hydrogens is 314 g/mol. The predicted molar refractivity (Wildman–Crippen MR) is 97.6 cm³/mol. The van der Waals surface area contributed by atoms with Crippen molar-refractivity contribution in [2.75, 3.05) is 26.7 Å². The molecule has 1 aromatic heterocycles. The summed E-state index contributed by atoms with van der Waals surface area (Å²) in [6, 6.07) is 11.5. The van der Waals surface area contributed by atoms with Gasteiger partial charge in [-0.3, -0.25) is 14.7 Å². The zero-order chi connectivity index (χ0) is 17.5. The lowest BCUT2D eigenvalue weighted by Gasteiger charge is -2.32. The van der Waals surface area contributed by atoms with Crippen LogP contribution in [0.2, 0.25) is 0 Å². The van der Waals surface area contributed by atoms with Gasteiger partial charge in [-0.2, -0.15) is 0 Å². The topological polar surface area (TPSA) is 54.5 Å². The molecule has 1 aromatic carbocycles. The molecule has 2 heterocycles. The Labute approximate surface area is 149 Å². The normalized spacial score (nSPS) is 17.9. The lowest BCUT2D eigenvalue weighted by atomic mass is 9.97. The second-order valence-corrected chi connectivity index (χ2v) is 6.51. The largest absolute Gasteiger partial charge is 0.496 e. The number of carbonyl (C=O) groups excluding carboxylic acids is 1. The molecular formula is C20H25N3O2. The van der Waals surface area contributed by atoms with E-state index in [0.717, 1.165) is 26.1 Å². The number of nitrogens with one attached hydrogen (secondary N) is 1. The summed E-state index contributed by atoms with van der Waals surface area (Å²) in [6.07, 6.45) is 5.99. The summed E-state index contributed by atoms with van der Waals surface area (Å²) in [5.74, 6) is 1.03. The van der Waals surface area contributed by atoms with Gasteiger partial charge in [-0.1, -0.05) is 12.1 Å². The number of methoxy groups -OCH3 is 1. The van der Waals surface area contributed by atoms with E-state index in [-0.39, 0.29) is 5.91 Å². The van der Waals surface area contributed by atoms with Crippen molar-refractivity contribution in [2.45, 2.75) is 19.4 Å². The monoisotopic (exact) mass is 339 g/mol. The molecule has 3 rings (SSSR count). The molecule has 1 N–H and O–H groups in total. The molecule has 1 fully saturated rings. The van der Waals surface area contributed by atoms with E-state index in [9.17, 15) is 4.79 Å². The molecule has 2 aromatic rings. The van der Waals surface area contributed by atoms with Crippen LogP contribution < -0.4 is 10.1 Å². The highest BCUT2D eigenvalue weighted by molar-refractivity contribution is 5.96. The van der Waals surface area contributed by atoms with Crippen LogP contribution in [0.4, 0.5) is 0 Å². The fraction of sp³-hybridized carbons (Fsp3) is 0.400. The lowest BCUT2D eigenvalue weighted by Crippen LogP contribution is -2.40. The maximum atomic E-state index is 12.4. The first-order valence-electron chi connectivity index (χ1n) is 8.78. The summed E-state index contributed by atoms with van der Waals surface area (Å²) in [6.45, 7) is 3.76. The maximum Gasteiger partial charge on any atom is 0.255 e. The molecule has 1 aliphatic rings. The van der Waals surface area contributed by atoms with E-state index in [1.165, 1.54) is 12.0 Å². The van der Waals surface area contributed by atoms with E-state index in [0.29, 0.717) is 23.8 Å². The van der Waals surface area contributed by atoms with E-state index >= 15 is 0 Å². The molecule has 5 nitrogen and oxygen atoms in total. The van der Waals surface area contributed by atoms with Crippen LogP contribution in [0.15, 0.2) is 48.8 Å². The van der Waals surface area contributed by atoms with Gasteiger partial charge in [-0.05, 0) is 55.1 Å². The number of benzene rings is 1. The predicted octanol–water partition coefficient (Wildman–Crippen LogP) is 2.73. The standard InChI is InChI=1S/C20H25N3O2/c1-25-19-7-3-2-6-18(19)20(24)22-13-17-5-4-12-23(15-17)14-16-8-10-21-11-9-16/h2-3,6-11,17H,4-5,12-15H2,1H3,(H,22,24)/t17-/m1/s1. The Kier molecular flexibility index (Phi) is 6.01. The number of pyridine rings is 1. The number of hydrogen-bond donors (Lipinski definition) is 1. The summed E-state index contributed by atoms with van der Waals surface area (Å²) in [5, 5.41) is 3.07. The van der Waals surface area contributed by atoms with Gasteiger partial charge in [0.2, 0.25) is 0 Å². The SMILES string of the molecule is COc1ccccc1C(=O)NC[C@H]1CCCN(Cc2ccncc2)C1. The van der Waals surface area contributed by atoms with E-state index < -0.39 is 0 Å². The smallest absolute Gasteiger partial charge is 0.255 e. The third-order valence-corrected chi connectivity index (χ3v) is 4.66. The van der Waals surface area contributed by atoms with Crippen LogP contribution in [-0.4, -0.2) is 42.5 Å². The van der Waals surface area contributed by atoms with Crippen molar-refractivity contribution in [3.05, 3.63) is 59.9 Å². The number of hydrogen-bond acceptors (Lipinski definition) is 4. The Morgan fingerprint density at radius 3 is 2.88 bits per heavy atom. The molecule has 0 bridgehead atoms. The minimum absolute atomic E-state index is 0.0660. The van der Waals surface area contributed by atoms with E-state index in [4.69, 9.17) is 4.74 Å². The highest BCUT2D eigenvalue weighted by Gasteiger charge is 2.21. The third-order valence-electron chi connectivity index (χ3n) is 4.66. The fourth-order valence-corrected chi connectivity index (χ4v) is 3.37. The van der Waals surface area contributed by atoms with Crippen LogP contribution >= 0.6 is 0 Å². The van der Waals surface area contributed by atoms with Crippen molar-refractivity contribution >= 4 is 5.91 Å². The van der Waals surface area contributed by atoms with Gasteiger partial charge in [0.25, 0.3) is 5.91 Å². The number of amides is 1. The molecule has 0 spiro atoms. The molecule has 1 atom stereocenters. The number of piperidine rings is 1. The molecule has 0 saturated carbocycles. The van der Waals surface area contributed by atoms with Crippen molar-refractivity contribution in [1.82, 2.24) is 15.2 Å². The number of aromatic nitrogens is 1. The van der Waals surface area contributed by atoms with Crippen molar-refractivity contribution in [1.29, 1.82) is 0 Å². The molecule has 0 aliphatic carbocycles. The number of nitrogens with zero attached hydrogens (tertiary/aromatic N) is 2. The number of rotatable bonds is 6. The summed E-state index contributed by atoms with van der Waals surface area (Å²) < 4.78 is 5.27. The van der Waals surface area contributed by atoms with E-state index in [1.54, 1.807) is 13.2 Å². The summed E-state index contributed by atoms with van der Waals surface area (Å²) in [7, 11) is 1.59. The molecule has 1 saturated heterocycles. The first kappa shape index (κ1) is 17.4. The van der Waals surface area contributed by atoms with E-state index in [1.807, 2.05) is 30.6 Å². The summed E-state index contributed by atoms with van der Waals surface area (Å²) in [4.78, 5) is 19.0. The Morgan fingerprint density at radius 2 is 2.08 bits per heavy atom. The Morgan fingerprint density at radius 1 is 1.28 bits per heavy atom. The van der Waals surface area contributed by atoms with Gasteiger partial charge in [-0.25, -0.2) is 0 Å². The van der Waals surface area contributed by atoms with Gasteiger partial charge in [0.05, 0.1) is 12.7 Å². The third kappa shape index (κ3) is 4.79. The second-order valence-electron chi connectivity index (χ2n) is 6.51. The van der Waals surface area contributed by atoms with Gasteiger partial charge in [-0.15, -0.1) is 0 Å². The van der Waals surface area contributed by atoms with Crippen LogP contribution in [0.25, 0.3) is 0 Å². The zero-order valence-corrected chi connectivity index (χ0v) is 14.6. The van der Waals surface area contributed by atoms with Gasteiger partial charge >= 0.3 is 0 Å². The van der Waals surface area contributed by atoms with Crippen LogP contribution in [-0.2, 0) is 6.54 Å². The number of ether oxygens (including phenoxy) is 1. The number of carbonyl (C=O) groups is 1. The minimum Gasteiger partial charge on any atom is -0.496 e. The molecule has 25 heavy (non-hydrogen) atoms. The van der Waals surface area contributed by atoms with Crippen LogP contribution in [0.5, 0.6) is 5.75 Å². The van der Waals surface area contributed by atoms with Crippen molar-refractivity contribution in [3.63, 3.8) is 0 Å². The van der Waals surface area contributed by atoms with Crippen LogP contribution in [0, 0.1) is 5.92 Å². The van der Waals surface area contributed by atoms with Crippen LogP contribution in [0.1, 0.15) is 28.8 Å². The highest BCUT2D eigenvalue weighted by atomic mass is 16.5. The molecule has 1 amide bonds. The molecule has 1 aliphatic heterocycles. The van der Waals surface area contributed by atoms with Gasteiger partial charge < -0.3 is 10.1 Å². The molecule has 5 heteroatoms. The summed E-state index contributed by atoms with van der Waals surface area (Å²) in [5.41, 5.74) is 1.88. The van der Waals surface area contributed by atoms with Crippen molar-refractivity contribution < 1.29 is 9.53 Å². The quantitative estimate of drug-likeness (QED) is 0.879. The van der Waals surface area contributed by atoms with Gasteiger partial charge in [0, 0.05) is 32.0 Å². The first-order valence-corrected chi connectivity index (χ1v) is 8.78. The van der Waals surface area contributed by atoms with Gasteiger partial charge in [0.1, 0.15) is 5.75 Å². The summed E-state index contributed by atoms with van der Waals surface area (Å²) >= 11 is 0. The number of likely N-dealkylation sites (tertiary alicyclic amines) is 1. The fourth-order valence-electron chi connectivity index (χ4n) is 3.37. The zero-order valence-electron chi connectivity index (χ0n) is 14.6. The van der Waals surface area contributed by atoms with Gasteiger partial charge in [0.15, 0.2) is 0 Å². The Hall–Kier alpha value is -2.40. The Balaban J connectivity index is 1.52.